The van der Waals surface area contributed by atoms with Gasteiger partial charge in [0.1, 0.15) is 5.82 Å². The predicted octanol–water partition coefficient (Wildman–Crippen LogP) is 4.06. The second-order valence-electron chi connectivity index (χ2n) is 5.28. The number of ether oxygens (including phenoxy) is 1. The summed E-state index contributed by atoms with van der Waals surface area (Å²) in [6.07, 6.45) is 1.75. The summed E-state index contributed by atoms with van der Waals surface area (Å²) in [5.74, 6) is -0.190. The molecule has 0 saturated carbocycles. The van der Waals surface area contributed by atoms with Gasteiger partial charge < -0.3 is 10.1 Å². The zero-order valence-electron chi connectivity index (χ0n) is 12.6. The molecule has 2 aromatic carbocycles. The van der Waals surface area contributed by atoms with Crippen LogP contribution in [0.15, 0.2) is 48.5 Å². The molecule has 0 aromatic heterocycles. The molecule has 112 valence electrons. The van der Waals surface area contributed by atoms with Crippen molar-refractivity contribution < 1.29 is 9.13 Å². The Morgan fingerprint density at radius 1 is 1.10 bits per heavy atom. The van der Waals surface area contributed by atoms with Crippen LogP contribution >= 0.6 is 0 Å². The van der Waals surface area contributed by atoms with Crippen LogP contribution in [0.5, 0.6) is 0 Å². The molecule has 2 nitrogen and oxygen atoms in total. The molecule has 2 rings (SSSR count). The fraction of sp³-hybridized carbons (Fsp3) is 0.333. The lowest BCUT2D eigenvalue weighted by atomic mass is 10.1. The van der Waals surface area contributed by atoms with Crippen molar-refractivity contribution in [2.75, 3.05) is 19.0 Å². The van der Waals surface area contributed by atoms with Gasteiger partial charge in [0.15, 0.2) is 0 Å². The van der Waals surface area contributed by atoms with E-state index < -0.39 is 0 Å². The van der Waals surface area contributed by atoms with Crippen molar-refractivity contribution >= 4 is 5.69 Å². The summed E-state index contributed by atoms with van der Waals surface area (Å²) >= 11 is 0. The number of methoxy groups -OCH3 is 1. The Bertz CT molecular complexity index is 553. The maximum Gasteiger partial charge on any atom is 0.123 e. The molecular formula is C18H22FNO. The second kappa shape index (κ2) is 7.79. The third-order valence-electron chi connectivity index (χ3n) is 3.45. The molecule has 21 heavy (non-hydrogen) atoms. The average molecular weight is 287 g/mol. The van der Waals surface area contributed by atoms with Crippen molar-refractivity contribution in [3.05, 3.63) is 65.5 Å². The largest absolute Gasteiger partial charge is 0.384 e. The Morgan fingerprint density at radius 3 is 2.52 bits per heavy atom. The van der Waals surface area contributed by atoms with Crippen molar-refractivity contribution in [3.63, 3.8) is 0 Å². The van der Waals surface area contributed by atoms with Crippen LogP contribution in [0.4, 0.5) is 10.1 Å². The molecule has 3 heteroatoms. The van der Waals surface area contributed by atoms with Crippen molar-refractivity contribution in [2.45, 2.75) is 25.8 Å². The highest BCUT2D eigenvalue weighted by Gasteiger charge is 2.07. The van der Waals surface area contributed by atoms with Crippen LogP contribution in [0.3, 0.4) is 0 Å². The van der Waals surface area contributed by atoms with Gasteiger partial charge in [-0.3, -0.25) is 0 Å². The molecule has 0 aliphatic rings. The predicted molar refractivity (Wildman–Crippen MR) is 85.2 cm³/mol. The van der Waals surface area contributed by atoms with Gasteiger partial charge in [-0.2, -0.15) is 0 Å². The van der Waals surface area contributed by atoms with Crippen LogP contribution in [0.1, 0.15) is 18.1 Å². The Morgan fingerprint density at radius 2 is 1.81 bits per heavy atom. The van der Waals surface area contributed by atoms with Crippen molar-refractivity contribution in [1.82, 2.24) is 0 Å². The summed E-state index contributed by atoms with van der Waals surface area (Å²) < 4.78 is 18.1. The van der Waals surface area contributed by atoms with Gasteiger partial charge in [-0.15, -0.1) is 0 Å². The lowest BCUT2D eigenvalue weighted by Gasteiger charge is -2.18. The van der Waals surface area contributed by atoms with E-state index in [1.807, 2.05) is 24.3 Å². The van der Waals surface area contributed by atoms with Crippen LogP contribution in [0.2, 0.25) is 0 Å². The maximum absolute atomic E-state index is 12.9. The third-order valence-corrected chi connectivity index (χ3v) is 3.45. The molecule has 0 bridgehead atoms. The van der Waals surface area contributed by atoms with E-state index in [-0.39, 0.29) is 11.9 Å². The number of anilines is 1. The first kappa shape index (κ1) is 15.5. The van der Waals surface area contributed by atoms with E-state index >= 15 is 0 Å². The Labute approximate surface area is 126 Å². The molecule has 0 heterocycles. The molecule has 1 N–H and O–H groups in total. The third kappa shape index (κ3) is 4.87. The number of halogens is 1. The molecule has 0 saturated heterocycles. The number of hydrogen-bond acceptors (Lipinski definition) is 2. The number of nitrogens with one attached hydrogen (secondary N) is 1. The average Bonchev–Trinajstić information content (AvgIpc) is 2.49. The second-order valence-corrected chi connectivity index (χ2v) is 5.28. The summed E-state index contributed by atoms with van der Waals surface area (Å²) in [5.41, 5.74) is 3.53. The van der Waals surface area contributed by atoms with E-state index in [0.29, 0.717) is 6.61 Å². The van der Waals surface area contributed by atoms with Crippen molar-refractivity contribution in [1.29, 1.82) is 0 Å². The molecule has 0 aliphatic heterocycles. The topological polar surface area (TPSA) is 21.3 Å². The van der Waals surface area contributed by atoms with Gasteiger partial charge in [-0.25, -0.2) is 4.39 Å². The van der Waals surface area contributed by atoms with Gasteiger partial charge in [0.2, 0.25) is 0 Å². The zero-order chi connectivity index (χ0) is 15.1. The first-order valence-electron chi connectivity index (χ1n) is 7.27. The minimum Gasteiger partial charge on any atom is -0.384 e. The van der Waals surface area contributed by atoms with Gasteiger partial charge in [-0.05, 0) is 49.1 Å². The molecule has 0 fully saturated rings. The van der Waals surface area contributed by atoms with Crippen LogP contribution in [0.25, 0.3) is 0 Å². The van der Waals surface area contributed by atoms with Gasteiger partial charge in [0.25, 0.3) is 0 Å². The van der Waals surface area contributed by atoms with Gasteiger partial charge in [0, 0.05) is 18.8 Å². The molecule has 0 spiro atoms. The smallest absolute Gasteiger partial charge is 0.123 e. The van der Waals surface area contributed by atoms with E-state index in [2.05, 4.69) is 24.4 Å². The van der Waals surface area contributed by atoms with Gasteiger partial charge >= 0.3 is 0 Å². The fourth-order valence-electron chi connectivity index (χ4n) is 2.38. The molecule has 0 amide bonds. The zero-order valence-corrected chi connectivity index (χ0v) is 12.6. The van der Waals surface area contributed by atoms with E-state index in [1.165, 1.54) is 17.7 Å². The highest BCUT2D eigenvalue weighted by Crippen LogP contribution is 2.18. The summed E-state index contributed by atoms with van der Waals surface area (Å²) in [4.78, 5) is 0. The van der Waals surface area contributed by atoms with Crippen LogP contribution in [-0.2, 0) is 17.6 Å². The molecule has 1 atom stereocenters. The highest BCUT2D eigenvalue weighted by atomic mass is 19.1. The lowest BCUT2D eigenvalue weighted by molar-refractivity contribution is 0.202. The van der Waals surface area contributed by atoms with E-state index in [1.54, 1.807) is 7.11 Å². The number of benzene rings is 2. The maximum atomic E-state index is 12.9. The lowest BCUT2D eigenvalue weighted by Crippen LogP contribution is -2.19. The van der Waals surface area contributed by atoms with E-state index in [0.717, 1.165) is 24.1 Å². The fourth-order valence-corrected chi connectivity index (χ4v) is 2.38. The first-order valence-corrected chi connectivity index (χ1v) is 7.27. The summed E-state index contributed by atoms with van der Waals surface area (Å²) in [5, 5.41) is 3.53. The van der Waals surface area contributed by atoms with Crippen LogP contribution in [-0.4, -0.2) is 19.8 Å². The molecule has 1 unspecified atom stereocenters. The number of para-hydroxylation sites is 1. The number of hydrogen-bond donors (Lipinski definition) is 1. The van der Waals surface area contributed by atoms with Crippen LogP contribution in [0, 0.1) is 5.82 Å². The standard InChI is InChI=1S/C18H22FNO/c1-14(13-15-7-9-17(19)10-8-15)20-18-6-4-3-5-16(18)11-12-21-2/h3-10,14,20H,11-13H2,1-2H3. The normalized spacial score (nSPS) is 12.1. The van der Waals surface area contributed by atoms with Crippen LogP contribution < -0.4 is 5.32 Å². The van der Waals surface area contributed by atoms with Gasteiger partial charge in [-0.1, -0.05) is 30.3 Å². The molecule has 0 aliphatic carbocycles. The molecule has 0 radical (unpaired) electrons. The quantitative estimate of drug-likeness (QED) is 0.829. The molecular weight excluding hydrogens is 265 g/mol. The van der Waals surface area contributed by atoms with E-state index in [9.17, 15) is 4.39 Å². The van der Waals surface area contributed by atoms with Crippen molar-refractivity contribution in [3.8, 4) is 0 Å². The minimum atomic E-state index is -0.190. The molecule has 2 aromatic rings. The highest BCUT2D eigenvalue weighted by molar-refractivity contribution is 5.52. The van der Waals surface area contributed by atoms with Gasteiger partial charge in [0.05, 0.1) is 6.61 Å². The Balaban J connectivity index is 1.98. The Kier molecular flexibility index (Phi) is 5.76. The van der Waals surface area contributed by atoms with E-state index in [4.69, 9.17) is 4.74 Å². The summed E-state index contributed by atoms with van der Waals surface area (Å²) in [7, 11) is 1.72. The monoisotopic (exact) mass is 287 g/mol. The minimum absolute atomic E-state index is 0.190. The summed E-state index contributed by atoms with van der Waals surface area (Å²) in [6, 6.07) is 15.2. The Hall–Kier alpha value is -1.87. The SMILES string of the molecule is COCCc1ccccc1NC(C)Cc1ccc(F)cc1. The summed E-state index contributed by atoms with van der Waals surface area (Å²) in [6.45, 7) is 2.85. The first-order chi connectivity index (χ1) is 10.2. The van der Waals surface area contributed by atoms with Crippen molar-refractivity contribution in [2.24, 2.45) is 0 Å². The number of rotatable bonds is 7.